The molecule has 3 aromatic rings. The minimum absolute atomic E-state index is 0.0965. The second kappa shape index (κ2) is 10.8. The summed E-state index contributed by atoms with van der Waals surface area (Å²) in [4.78, 5) is 14.6. The first kappa shape index (κ1) is 24.7. The van der Waals surface area contributed by atoms with E-state index in [9.17, 15) is 17.6 Å². The van der Waals surface area contributed by atoms with Gasteiger partial charge in [0.1, 0.15) is 21.8 Å². The van der Waals surface area contributed by atoms with Crippen molar-refractivity contribution in [3.63, 3.8) is 0 Å². The molecule has 3 rings (SSSR count). The molecule has 0 bridgehead atoms. The third kappa shape index (κ3) is 6.79. The van der Waals surface area contributed by atoms with E-state index in [1.54, 1.807) is 35.2 Å². The van der Waals surface area contributed by atoms with Gasteiger partial charge in [0.15, 0.2) is 0 Å². The van der Waals surface area contributed by atoms with Gasteiger partial charge < -0.3 is 9.08 Å². The summed E-state index contributed by atoms with van der Waals surface area (Å²) in [6.45, 7) is 4.72. The summed E-state index contributed by atoms with van der Waals surface area (Å²) >= 11 is 6.48. The van der Waals surface area contributed by atoms with E-state index in [4.69, 9.17) is 15.8 Å². The van der Waals surface area contributed by atoms with Crippen LogP contribution in [0.2, 0.25) is 0 Å². The fourth-order valence-electron chi connectivity index (χ4n) is 3.29. The second-order valence-electron chi connectivity index (χ2n) is 8.02. The molecule has 174 valence electrons. The van der Waals surface area contributed by atoms with Crippen molar-refractivity contribution >= 4 is 27.6 Å². The van der Waals surface area contributed by atoms with Crippen LogP contribution in [0.3, 0.4) is 0 Å². The number of nitrogens with zero attached hydrogens (tertiary/aromatic N) is 1. The van der Waals surface area contributed by atoms with E-state index in [-0.39, 0.29) is 29.0 Å². The van der Waals surface area contributed by atoms with Crippen LogP contribution in [0.5, 0.6) is 5.75 Å². The largest absolute Gasteiger partial charge is 0.379 e. The van der Waals surface area contributed by atoms with E-state index in [0.29, 0.717) is 17.7 Å². The lowest BCUT2D eigenvalue weighted by Gasteiger charge is -2.27. The Morgan fingerprint density at radius 3 is 2.30 bits per heavy atom. The van der Waals surface area contributed by atoms with Gasteiger partial charge in [-0.05, 0) is 53.4 Å². The minimum atomic E-state index is -4.13. The van der Waals surface area contributed by atoms with Crippen molar-refractivity contribution in [1.82, 2.24) is 4.90 Å². The molecule has 0 aromatic heterocycles. The van der Waals surface area contributed by atoms with Crippen molar-refractivity contribution in [2.24, 2.45) is 5.92 Å². The van der Waals surface area contributed by atoms with Crippen molar-refractivity contribution in [2.75, 3.05) is 6.54 Å². The van der Waals surface area contributed by atoms with E-state index >= 15 is 0 Å². The zero-order chi connectivity index (χ0) is 24.0. The Morgan fingerprint density at radius 2 is 1.67 bits per heavy atom. The molecule has 33 heavy (non-hydrogen) atoms. The van der Waals surface area contributed by atoms with Crippen LogP contribution < -0.4 is 4.18 Å². The van der Waals surface area contributed by atoms with E-state index < -0.39 is 21.3 Å². The lowest BCUT2D eigenvalue weighted by atomic mass is 10.1. The highest BCUT2D eigenvalue weighted by molar-refractivity contribution is 7.87. The van der Waals surface area contributed by atoms with Crippen LogP contribution in [-0.2, 0) is 21.5 Å². The molecule has 0 saturated carbocycles. The van der Waals surface area contributed by atoms with Crippen LogP contribution in [0, 0.1) is 11.7 Å². The summed E-state index contributed by atoms with van der Waals surface area (Å²) < 4.78 is 43.4. The Balaban J connectivity index is 1.79. The molecule has 0 aliphatic heterocycles. The zero-order valence-electron chi connectivity index (χ0n) is 18.3. The van der Waals surface area contributed by atoms with E-state index in [0.717, 1.165) is 24.3 Å². The van der Waals surface area contributed by atoms with Crippen LogP contribution in [-0.4, -0.2) is 25.8 Å². The first-order valence-corrected chi connectivity index (χ1v) is 12.3. The molecule has 1 atom stereocenters. The van der Waals surface area contributed by atoms with Crippen molar-refractivity contribution < 1.29 is 21.8 Å². The van der Waals surface area contributed by atoms with Gasteiger partial charge >= 0.3 is 10.1 Å². The standard InChI is InChI=1S/C25H25ClFNO4S/c1-18(2)16-28(25(29)24(26)20-8-4-3-5-9-20)17-19-7-6-10-22(15-19)32-33(30,31)23-13-11-21(27)12-14-23/h3-15,18,24H,16-17H2,1-2H3. The van der Waals surface area contributed by atoms with Gasteiger partial charge in [-0.2, -0.15) is 8.42 Å². The fraction of sp³-hybridized carbons (Fsp3) is 0.240. The van der Waals surface area contributed by atoms with E-state index in [2.05, 4.69) is 0 Å². The first-order valence-electron chi connectivity index (χ1n) is 10.4. The van der Waals surface area contributed by atoms with Crippen molar-refractivity contribution in [2.45, 2.75) is 30.7 Å². The van der Waals surface area contributed by atoms with Crippen molar-refractivity contribution in [3.05, 3.63) is 95.8 Å². The molecular weight excluding hydrogens is 465 g/mol. The van der Waals surface area contributed by atoms with Gasteiger partial charge in [0.05, 0.1) is 0 Å². The monoisotopic (exact) mass is 489 g/mol. The summed E-state index contributed by atoms with van der Waals surface area (Å²) in [5, 5.41) is -0.830. The number of carbonyl (C=O) groups is 1. The summed E-state index contributed by atoms with van der Waals surface area (Å²) in [6, 6.07) is 20.0. The molecule has 1 unspecified atom stereocenters. The second-order valence-corrected chi connectivity index (χ2v) is 10.0. The summed E-state index contributed by atoms with van der Waals surface area (Å²) in [5.41, 5.74) is 1.40. The third-order valence-corrected chi connectivity index (χ3v) is 6.49. The SMILES string of the molecule is CC(C)CN(Cc1cccc(OS(=O)(=O)c2ccc(F)cc2)c1)C(=O)C(Cl)c1ccccc1. The Kier molecular flexibility index (Phi) is 8.10. The third-order valence-electron chi connectivity index (χ3n) is 4.79. The molecule has 0 N–H and O–H groups in total. The van der Waals surface area contributed by atoms with Crippen LogP contribution in [0.4, 0.5) is 4.39 Å². The number of halogens is 2. The summed E-state index contributed by atoms with van der Waals surface area (Å²) in [6.07, 6.45) is 0. The number of hydrogen-bond acceptors (Lipinski definition) is 4. The molecular formula is C25H25ClFNO4S. The number of alkyl halides is 1. The van der Waals surface area contributed by atoms with Gasteiger partial charge in [-0.15, -0.1) is 11.6 Å². The quantitative estimate of drug-likeness (QED) is 0.291. The fourth-order valence-corrected chi connectivity index (χ4v) is 4.50. The van der Waals surface area contributed by atoms with Crippen LogP contribution in [0.1, 0.15) is 30.4 Å². The Hall–Kier alpha value is -2.90. The number of benzene rings is 3. The molecule has 0 saturated heterocycles. The number of carbonyl (C=O) groups excluding carboxylic acids is 1. The molecule has 5 nitrogen and oxygen atoms in total. The Labute approximate surface area is 198 Å². The average Bonchev–Trinajstić information content (AvgIpc) is 2.78. The van der Waals surface area contributed by atoms with Gasteiger partial charge in [0.25, 0.3) is 0 Å². The Morgan fingerprint density at radius 1 is 1.00 bits per heavy atom. The van der Waals surface area contributed by atoms with Crippen molar-refractivity contribution in [1.29, 1.82) is 0 Å². The molecule has 8 heteroatoms. The molecule has 3 aromatic carbocycles. The maximum absolute atomic E-state index is 13.1. The minimum Gasteiger partial charge on any atom is -0.379 e. The molecule has 0 spiro atoms. The van der Waals surface area contributed by atoms with Gasteiger partial charge in [-0.1, -0.05) is 56.3 Å². The van der Waals surface area contributed by atoms with Gasteiger partial charge in [-0.3, -0.25) is 4.79 Å². The van der Waals surface area contributed by atoms with Gasteiger partial charge in [-0.25, -0.2) is 4.39 Å². The molecule has 0 aliphatic rings. The Bertz CT molecular complexity index is 1180. The number of hydrogen-bond donors (Lipinski definition) is 0. The van der Waals surface area contributed by atoms with Gasteiger partial charge in [0, 0.05) is 13.1 Å². The highest BCUT2D eigenvalue weighted by atomic mass is 35.5. The zero-order valence-corrected chi connectivity index (χ0v) is 19.9. The molecule has 1 amide bonds. The average molecular weight is 490 g/mol. The van der Waals surface area contributed by atoms with Crippen LogP contribution >= 0.6 is 11.6 Å². The predicted molar refractivity (Wildman–Crippen MR) is 126 cm³/mol. The normalized spacial score (nSPS) is 12.4. The lowest BCUT2D eigenvalue weighted by Crippen LogP contribution is -2.36. The topological polar surface area (TPSA) is 63.7 Å². The van der Waals surface area contributed by atoms with Crippen LogP contribution in [0.15, 0.2) is 83.8 Å². The highest BCUT2D eigenvalue weighted by Gasteiger charge is 2.25. The molecule has 0 fully saturated rings. The first-order chi connectivity index (χ1) is 15.7. The van der Waals surface area contributed by atoms with E-state index in [1.807, 2.05) is 32.0 Å². The molecule has 0 heterocycles. The maximum Gasteiger partial charge on any atom is 0.339 e. The highest BCUT2D eigenvalue weighted by Crippen LogP contribution is 2.26. The molecule has 0 radical (unpaired) electrons. The van der Waals surface area contributed by atoms with Crippen molar-refractivity contribution in [3.8, 4) is 5.75 Å². The van der Waals surface area contributed by atoms with Crippen LogP contribution in [0.25, 0.3) is 0 Å². The number of rotatable bonds is 9. The predicted octanol–water partition coefficient (Wildman–Crippen LogP) is 5.56. The summed E-state index contributed by atoms with van der Waals surface area (Å²) in [5.74, 6) is -0.480. The maximum atomic E-state index is 13.1. The van der Waals surface area contributed by atoms with E-state index in [1.165, 1.54) is 6.07 Å². The molecule has 0 aliphatic carbocycles. The number of amides is 1. The lowest BCUT2D eigenvalue weighted by molar-refractivity contribution is -0.132. The summed E-state index contributed by atoms with van der Waals surface area (Å²) in [7, 11) is -4.13. The van der Waals surface area contributed by atoms with Gasteiger partial charge in [0.2, 0.25) is 5.91 Å². The smallest absolute Gasteiger partial charge is 0.339 e.